The third-order valence-corrected chi connectivity index (χ3v) is 6.67. The highest BCUT2D eigenvalue weighted by Gasteiger charge is 2.25. The van der Waals surface area contributed by atoms with E-state index in [9.17, 15) is 14.3 Å². The Morgan fingerprint density at radius 2 is 1.42 bits per heavy atom. The molecule has 0 aliphatic heterocycles. The number of rotatable bonds is 27. The van der Waals surface area contributed by atoms with Crippen molar-refractivity contribution in [3.05, 3.63) is 12.2 Å². The van der Waals surface area contributed by atoms with Gasteiger partial charge in [-0.05, 0) is 32.1 Å². The molecule has 2 unspecified atom stereocenters. The zero-order chi connectivity index (χ0) is 26.7. The van der Waals surface area contributed by atoms with Crippen LogP contribution in [0.4, 0.5) is 0 Å². The fraction of sp³-hybridized carbons (Fsp3) is 0.889. The predicted octanol–water partition coefficient (Wildman–Crippen LogP) is 6.84. The molecule has 0 saturated heterocycles. The lowest BCUT2D eigenvalue weighted by Gasteiger charge is -2.20. The van der Waals surface area contributed by atoms with Gasteiger partial charge in [0.25, 0.3) is 0 Å². The van der Waals surface area contributed by atoms with Crippen molar-refractivity contribution in [1.29, 1.82) is 0 Å². The third kappa shape index (κ3) is 24.9. The van der Waals surface area contributed by atoms with E-state index in [1.54, 1.807) is 0 Å². The minimum Gasteiger partial charge on any atom is -0.457 e. The maximum absolute atomic E-state index is 12.3. The van der Waals surface area contributed by atoms with Gasteiger partial charge in [-0.2, -0.15) is 0 Å². The summed E-state index contributed by atoms with van der Waals surface area (Å²) >= 11 is 0. The second kappa shape index (κ2) is 25.9. The Hall–Kier alpha value is -0.760. The smallest absolute Gasteiger partial charge is 0.457 e. The highest BCUT2D eigenvalue weighted by molar-refractivity contribution is 7.47. The van der Waals surface area contributed by atoms with E-state index in [2.05, 4.69) is 26.0 Å². The zero-order valence-electron chi connectivity index (χ0n) is 23.0. The largest absolute Gasteiger partial charge is 0.472 e. The number of allylic oxidation sites excluding steroid dienone is 2. The number of ether oxygens (including phenoxy) is 2. The van der Waals surface area contributed by atoms with Crippen molar-refractivity contribution >= 4 is 13.8 Å². The summed E-state index contributed by atoms with van der Waals surface area (Å²) in [6, 6.07) is 0. The van der Waals surface area contributed by atoms with E-state index < -0.39 is 13.9 Å². The van der Waals surface area contributed by atoms with Crippen LogP contribution in [0.5, 0.6) is 0 Å². The molecule has 9 heteroatoms. The summed E-state index contributed by atoms with van der Waals surface area (Å²) in [4.78, 5) is 22.1. The highest BCUT2D eigenvalue weighted by atomic mass is 31.2. The topological polar surface area (TPSA) is 117 Å². The summed E-state index contributed by atoms with van der Waals surface area (Å²) in [5.74, 6) is -0.346. The normalized spacial score (nSPS) is 14.2. The molecular formula is C27H54NO7P. The Bertz CT molecular complexity index is 574. The van der Waals surface area contributed by atoms with E-state index in [1.165, 1.54) is 51.4 Å². The molecule has 0 radical (unpaired) electrons. The summed E-state index contributed by atoms with van der Waals surface area (Å²) in [5, 5.41) is 0. The number of nitrogens with two attached hydrogens (primary N) is 1. The maximum Gasteiger partial charge on any atom is 0.472 e. The number of carbonyl (C=O) groups is 1. The minimum atomic E-state index is -4.25. The van der Waals surface area contributed by atoms with Crippen molar-refractivity contribution in [2.24, 2.45) is 5.73 Å². The van der Waals surface area contributed by atoms with Gasteiger partial charge >= 0.3 is 13.8 Å². The first kappa shape index (κ1) is 35.2. The monoisotopic (exact) mass is 535 g/mol. The molecule has 0 rings (SSSR count). The van der Waals surface area contributed by atoms with Crippen LogP contribution in [0.15, 0.2) is 12.2 Å². The summed E-state index contributed by atoms with van der Waals surface area (Å²) < 4.78 is 32.8. The summed E-state index contributed by atoms with van der Waals surface area (Å²) in [5.41, 5.74) is 5.30. The van der Waals surface area contributed by atoms with Gasteiger partial charge in [0.2, 0.25) is 0 Å². The quantitative estimate of drug-likeness (QED) is 0.0508. The number of carbonyl (C=O) groups excluding carboxylic acids is 1. The molecular weight excluding hydrogens is 481 g/mol. The molecule has 0 amide bonds. The lowest BCUT2D eigenvalue weighted by atomic mass is 10.1. The van der Waals surface area contributed by atoms with Gasteiger partial charge in [0.15, 0.2) is 0 Å². The first-order valence-corrected chi connectivity index (χ1v) is 15.7. The van der Waals surface area contributed by atoms with Crippen LogP contribution in [-0.4, -0.2) is 49.9 Å². The van der Waals surface area contributed by atoms with E-state index in [4.69, 9.17) is 24.3 Å². The second-order valence-electron chi connectivity index (χ2n) is 9.26. The predicted molar refractivity (Wildman–Crippen MR) is 146 cm³/mol. The third-order valence-electron chi connectivity index (χ3n) is 5.68. The molecule has 36 heavy (non-hydrogen) atoms. The summed E-state index contributed by atoms with van der Waals surface area (Å²) in [7, 11) is -4.25. The highest BCUT2D eigenvalue weighted by Crippen LogP contribution is 2.43. The van der Waals surface area contributed by atoms with Crippen molar-refractivity contribution in [2.75, 3.05) is 33.0 Å². The van der Waals surface area contributed by atoms with Gasteiger partial charge in [-0.15, -0.1) is 0 Å². The van der Waals surface area contributed by atoms with Crippen LogP contribution >= 0.6 is 7.82 Å². The van der Waals surface area contributed by atoms with Gasteiger partial charge in [0, 0.05) is 19.6 Å². The lowest BCUT2D eigenvalue weighted by Crippen LogP contribution is -2.28. The Kier molecular flexibility index (Phi) is 25.3. The minimum absolute atomic E-state index is 0.0953. The van der Waals surface area contributed by atoms with Crippen LogP contribution in [0, 0.1) is 0 Å². The second-order valence-corrected chi connectivity index (χ2v) is 10.7. The standard InChI is InChI=1S/C27H54NO7P/c1-3-5-7-9-11-12-13-14-15-16-18-20-27(29)35-26(25-34-36(30,31)33-23-21-28)24-32-22-19-17-10-8-6-4-2/h9,11,26H,3-8,10,12-25,28H2,1-2H3,(H,30,31)/b11-9-. The Labute approximate surface area is 220 Å². The van der Waals surface area contributed by atoms with Gasteiger partial charge in [0.1, 0.15) is 6.10 Å². The van der Waals surface area contributed by atoms with Gasteiger partial charge < -0.3 is 20.1 Å². The molecule has 0 aromatic heterocycles. The van der Waals surface area contributed by atoms with E-state index in [0.717, 1.165) is 44.9 Å². The van der Waals surface area contributed by atoms with Crippen molar-refractivity contribution in [3.63, 3.8) is 0 Å². The first-order chi connectivity index (χ1) is 17.4. The Morgan fingerprint density at radius 3 is 2.11 bits per heavy atom. The molecule has 0 bridgehead atoms. The fourth-order valence-corrected chi connectivity index (χ4v) is 4.33. The number of esters is 1. The average Bonchev–Trinajstić information content (AvgIpc) is 2.86. The Morgan fingerprint density at radius 1 is 0.806 bits per heavy atom. The van der Waals surface area contributed by atoms with Crippen LogP contribution in [0.25, 0.3) is 0 Å². The SMILES string of the molecule is CCCC/C=C\CCCCCCCC(=O)OC(COCCCCCCCC)COP(=O)(O)OCCN. The van der Waals surface area contributed by atoms with Crippen molar-refractivity contribution in [2.45, 2.75) is 123 Å². The molecule has 3 N–H and O–H groups in total. The van der Waals surface area contributed by atoms with E-state index in [1.807, 2.05) is 0 Å². The number of unbranched alkanes of at least 4 members (excludes halogenated alkanes) is 12. The van der Waals surface area contributed by atoms with Gasteiger partial charge in [-0.25, -0.2) is 4.57 Å². The average molecular weight is 536 g/mol. The van der Waals surface area contributed by atoms with E-state index in [-0.39, 0.29) is 32.3 Å². The molecule has 0 aliphatic rings. The Balaban J connectivity index is 4.21. The van der Waals surface area contributed by atoms with Gasteiger partial charge in [0.05, 0.1) is 19.8 Å². The fourth-order valence-electron chi connectivity index (χ4n) is 3.56. The number of hydrogen-bond donors (Lipinski definition) is 2. The van der Waals surface area contributed by atoms with Gasteiger partial charge in [-0.1, -0.05) is 90.2 Å². The molecule has 0 aromatic rings. The van der Waals surface area contributed by atoms with Crippen molar-refractivity contribution < 1.29 is 32.8 Å². The lowest BCUT2D eigenvalue weighted by molar-refractivity contribution is -0.154. The number of hydrogen-bond acceptors (Lipinski definition) is 7. The van der Waals surface area contributed by atoms with Crippen molar-refractivity contribution in [1.82, 2.24) is 0 Å². The first-order valence-electron chi connectivity index (χ1n) is 14.2. The molecule has 0 aliphatic carbocycles. The molecule has 0 spiro atoms. The van der Waals surface area contributed by atoms with Crippen molar-refractivity contribution in [3.8, 4) is 0 Å². The molecule has 0 fully saturated rings. The molecule has 214 valence electrons. The summed E-state index contributed by atoms with van der Waals surface area (Å²) in [6.45, 7) is 4.79. The molecule has 0 heterocycles. The number of phosphoric ester groups is 1. The van der Waals surface area contributed by atoms with Crippen LogP contribution in [0.2, 0.25) is 0 Å². The zero-order valence-corrected chi connectivity index (χ0v) is 23.9. The molecule has 0 saturated carbocycles. The summed E-state index contributed by atoms with van der Waals surface area (Å²) in [6.07, 6.45) is 20.9. The molecule has 2 atom stereocenters. The van der Waals surface area contributed by atoms with Crippen LogP contribution in [0.3, 0.4) is 0 Å². The van der Waals surface area contributed by atoms with Gasteiger partial charge in [-0.3, -0.25) is 13.8 Å². The van der Waals surface area contributed by atoms with Crippen LogP contribution in [0.1, 0.15) is 117 Å². The van der Waals surface area contributed by atoms with Crippen LogP contribution < -0.4 is 5.73 Å². The van der Waals surface area contributed by atoms with E-state index >= 15 is 0 Å². The van der Waals surface area contributed by atoms with Crippen LogP contribution in [-0.2, 0) is 27.9 Å². The maximum atomic E-state index is 12.3. The van der Waals surface area contributed by atoms with E-state index in [0.29, 0.717) is 13.0 Å². The number of phosphoric acid groups is 1. The molecule has 0 aromatic carbocycles. The molecule has 8 nitrogen and oxygen atoms in total.